The molecular weight excluding hydrogens is 272 g/mol. The fraction of sp³-hybridized carbons (Fsp3) is 0.214. The number of aryl methyl sites for hydroxylation is 1. The van der Waals surface area contributed by atoms with E-state index in [0.29, 0.717) is 30.7 Å². The number of fused-ring (bicyclic) bond motifs is 1. The zero-order valence-corrected chi connectivity index (χ0v) is 11.2. The third kappa shape index (κ3) is 2.86. The molecule has 3 rings (SSSR count). The number of hydrogen-bond acceptors (Lipinski definition) is 4. The third-order valence-electron chi connectivity index (χ3n) is 3.14. The van der Waals surface area contributed by atoms with Gasteiger partial charge in [-0.2, -0.15) is 5.10 Å². The summed E-state index contributed by atoms with van der Waals surface area (Å²) in [4.78, 5) is 23.5. The van der Waals surface area contributed by atoms with Crippen LogP contribution >= 0.6 is 0 Å². The molecule has 108 valence electrons. The van der Waals surface area contributed by atoms with Crippen LogP contribution in [-0.4, -0.2) is 20.7 Å². The summed E-state index contributed by atoms with van der Waals surface area (Å²) in [5.74, 6) is -0.510. The summed E-state index contributed by atoms with van der Waals surface area (Å²) in [6, 6.07) is 7.23. The molecule has 7 heteroatoms. The second kappa shape index (κ2) is 5.66. The van der Waals surface area contributed by atoms with E-state index in [0.717, 1.165) is 5.52 Å². The van der Waals surface area contributed by atoms with Gasteiger partial charge in [0, 0.05) is 19.2 Å². The molecule has 1 amide bonds. The molecular formula is C14H14N4O3. The monoisotopic (exact) mass is 286 g/mol. The molecule has 21 heavy (non-hydrogen) atoms. The summed E-state index contributed by atoms with van der Waals surface area (Å²) in [6.07, 6.45) is 4.00. The topological polar surface area (TPSA) is 92.9 Å². The van der Waals surface area contributed by atoms with Gasteiger partial charge in [-0.05, 0) is 18.6 Å². The van der Waals surface area contributed by atoms with Crippen LogP contribution in [0.1, 0.15) is 12.8 Å². The maximum absolute atomic E-state index is 11.8. The van der Waals surface area contributed by atoms with Crippen molar-refractivity contribution >= 4 is 22.7 Å². The SMILES string of the molecule is O=C(CCCn1c(=O)oc2ccccc21)Nc1cn[nH]c1. The predicted octanol–water partition coefficient (Wildman–Crippen LogP) is 1.74. The van der Waals surface area contributed by atoms with Gasteiger partial charge < -0.3 is 9.73 Å². The van der Waals surface area contributed by atoms with Crippen molar-refractivity contribution in [2.45, 2.75) is 19.4 Å². The molecule has 0 aliphatic rings. The number of anilines is 1. The first-order chi connectivity index (χ1) is 10.2. The summed E-state index contributed by atoms with van der Waals surface area (Å²) >= 11 is 0. The Bertz CT molecular complexity index is 801. The highest BCUT2D eigenvalue weighted by Crippen LogP contribution is 2.12. The van der Waals surface area contributed by atoms with E-state index in [-0.39, 0.29) is 5.91 Å². The van der Waals surface area contributed by atoms with E-state index in [9.17, 15) is 9.59 Å². The molecule has 0 spiro atoms. The second-order valence-corrected chi connectivity index (χ2v) is 4.63. The zero-order chi connectivity index (χ0) is 14.7. The third-order valence-corrected chi connectivity index (χ3v) is 3.14. The number of nitrogens with zero attached hydrogens (tertiary/aromatic N) is 2. The number of para-hydroxylation sites is 2. The van der Waals surface area contributed by atoms with E-state index in [2.05, 4.69) is 15.5 Å². The van der Waals surface area contributed by atoms with Gasteiger partial charge in [-0.25, -0.2) is 4.79 Å². The average molecular weight is 286 g/mol. The number of nitrogens with one attached hydrogen (secondary N) is 2. The number of H-pyrrole nitrogens is 1. The highest BCUT2D eigenvalue weighted by atomic mass is 16.4. The van der Waals surface area contributed by atoms with Crippen molar-refractivity contribution in [3.8, 4) is 0 Å². The number of oxazole rings is 1. The Morgan fingerprint density at radius 3 is 3.05 bits per heavy atom. The molecule has 0 fully saturated rings. The number of benzene rings is 1. The van der Waals surface area contributed by atoms with E-state index in [1.165, 1.54) is 6.20 Å². The lowest BCUT2D eigenvalue weighted by Gasteiger charge is -2.03. The molecule has 7 nitrogen and oxygen atoms in total. The van der Waals surface area contributed by atoms with Gasteiger partial charge in [-0.1, -0.05) is 12.1 Å². The van der Waals surface area contributed by atoms with Crippen LogP contribution in [-0.2, 0) is 11.3 Å². The zero-order valence-electron chi connectivity index (χ0n) is 11.2. The summed E-state index contributed by atoms with van der Waals surface area (Å²) < 4.78 is 6.68. The lowest BCUT2D eigenvalue weighted by atomic mass is 10.2. The quantitative estimate of drug-likeness (QED) is 0.747. The van der Waals surface area contributed by atoms with E-state index in [4.69, 9.17) is 4.42 Å². The van der Waals surface area contributed by atoms with Crippen molar-refractivity contribution < 1.29 is 9.21 Å². The molecule has 0 aliphatic carbocycles. The Hall–Kier alpha value is -2.83. The van der Waals surface area contributed by atoms with Crippen LogP contribution in [0.15, 0.2) is 45.9 Å². The van der Waals surface area contributed by atoms with Gasteiger partial charge >= 0.3 is 5.76 Å². The van der Waals surface area contributed by atoms with Crippen LogP contribution in [0.5, 0.6) is 0 Å². The van der Waals surface area contributed by atoms with Gasteiger partial charge in [0.1, 0.15) is 0 Å². The van der Waals surface area contributed by atoms with Gasteiger partial charge in [0.05, 0.1) is 17.4 Å². The summed E-state index contributed by atoms with van der Waals surface area (Å²) in [5, 5.41) is 9.07. The van der Waals surface area contributed by atoms with Crippen molar-refractivity contribution in [3.05, 3.63) is 47.2 Å². The Morgan fingerprint density at radius 2 is 2.24 bits per heavy atom. The van der Waals surface area contributed by atoms with Gasteiger partial charge in [0.15, 0.2) is 5.58 Å². The standard InChI is InChI=1S/C14H14N4O3/c19-13(17-10-8-15-16-9-10)6-3-7-18-11-4-1-2-5-12(11)21-14(18)20/h1-2,4-5,8-9H,3,6-7H2,(H,15,16)(H,17,19). The Balaban J connectivity index is 1.61. The molecule has 2 aromatic heterocycles. The van der Waals surface area contributed by atoms with E-state index in [1.54, 1.807) is 16.8 Å². The van der Waals surface area contributed by atoms with Crippen LogP contribution < -0.4 is 11.1 Å². The van der Waals surface area contributed by atoms with Gasteiger partial charge in [0.25, 0.3) is 0 Å². The van der Waals surface area contributed by atoms with Crippen LogP contribution in [0.3, 0.4) is 0 Å². The van der Waals surface area contributed by atoms with Crippen molar-refractivity contribution in [1.29, 1.82) is 0 Å². The molecule has 2 heterocycles. The minimum absolute atomic E-state index is 0.114. The number of aromatic nitrogens is 3. The van der Waals surface area contributed by atoms with E-state index < -0.39 is 5.76 Å². The van der Waals surface area contributed by atoms with Crippen molar-refractivity contribution in [2.24, 2.45) is 0 Å². The fourth-order valence-electron chi connectivity index (χ4n) is 2.17. The van der Waals surface area contributed by atoms with Crippen LogP contribution in [0.4, 0.5) is 5.69 Å². The Morgan fingerprint density at radius 1 is 1.38 bits per heavy atom. The molecule has 0 aliphatic heterocycles. The number of carbonyl (C=O) groups excluding carboxylic acids is 1. The lowest BCUT2D eigenvalue weighted by molar-refractivity contribution is -0.116. The first-order valence-electron chi connectivity index (χ1n) is 6.61. The molecule has 0 atom stereocenters. The molecule has 3 aromatic rings. The number of hydrogen-bond donors (Lipinski definition) is 2. The number of amides is 1. The summed E-state index contributed by atoms with van der Waals surface area (Å²) in [5.41, 5.74) is 1.94. The van der Waals surface area contributed by atoms with Crippen LogP contribution in [0.25, 0.3) is 11.1 Å². The maximum atomic E-state index is 11.8. The Labute approximate surface area is 119 Å². The minimum Gasteiger partial charge on any atom is -0.408 e. The average Bonchev–Trinajstić information content (AvgIpc) is 3.07. The molecule has 0 radical (unpaired) electrons. The second-order valence-electron chi connectivity index (χ2n) is 4.63. The smallest absolute Gasteiger partial charge is 0.408 e. The van der Waals surface area contributed by atoms with Crippen LogP contribution in [0.2, 0.25) is 0 Å². The number of aromatic amines is 1. The molecule has 0 saturated carbocycles. The van der Waals surface area contributed by atoms with Gasteiger partial charge in [0.2, 0.25) is 5.91 Å². The first kappa shape index (κ1) is 13.2. The highest BCUT2D eigenvalue weighted by molar-refractivity contribution is 5.90. The molecule has 0 saturated heterocycles. The van der Waals surface area contributed by atoms with E-state index >= 15 is 0 Å². The first-order valence-corrected chi connectivity index (χ1v) is 6.61. The molecule has 0 unspecified atom stereocenters. The van der Waals surface area contributed by atoms with Crippen LogP contribution in [0, 0.1) is 0 Å². The Kier molecular flexibility index (Phi) is 3.55. The predicted molar refractivity (Wildman–Crippen MR) is 76.9 cm³/mol. The maximum Gasteiger partial charge on any atom is 0.419 e. The molecule has 0 bridgehead atoms. The molecule has 2 N–H and O–H groups in total. The number of carbonyl (C=O) groups is 1. The summed E-state index contributed by atoms with van der Waals surface area (Å²) in [6.45, 7) is 0.439. The van der Waals surface area contributed by atoms with E-state index in [1.807, 2.05) is 18.2 Å². The minimum atomic E-state index is -0.397. The fourth-order valence-corrected chi connectivity index (χ4v) is 2.17. The summed E-state index contributed by atoms with van der Waals surface area (Å²) in [7, 11) is 0. The lowest BCUT2D eigenvalue weighted by Crippen LogP contribution is -2.16. The van der Waals surface area contributed by atoms with Gasteiger partial charge in [-0.3, -0.25) is 14.5 Å². The van der Waals surface area contributed by atoms with Gasteiger partial charge in [-0.15, -0.1) is 0 Å². The van der Waals surface area contributed by atoms with Crippen molar-refractivity contribution in [3.63, 3.8) is 0 Å². The number of rotatable bonds is 5. The highest BCUT2D eigenvalue weighted by Gasteiger charge is 2.09. The van der Waals surface area contributed by atoms with Crippen molar-refractivity contribution in [1.82, 2.24) is 14.8 Å². The van der Waals surface area contributed by atoms with Crippen molar-refractivity contribution in [2.75, 3.05) is 5.32 Å². The molecule has 1 aromatic carbocycles. The largest absolute Gasteiger partial charge is 0.419 e. The normalized spacial score (nSPS) is 10.9.